The van der Waals surface area contributed by atoms with Gasteiger partial charge in [0.2, 0.25) is 0 Å². The molecule has 1 amide bonds. The fraction of sp³-hybridized carbons (Fsp3) is 0.235. The second-order valence-corrected chi connectivity index (χ2v) is 5.37. The second-order valence-electron chi connectivity index (χ2n) is 5.37. The maximum atomic E-state index is 13.6. The second kappa shape index (κ2) is 6.24. The van der Waals surface area contributed by atoms with Crippen molar-refractivity contribution in [2.45, 2.75) is 19.6 Å². The summed E-state index contributed by atoms with van der Waals surface area (Å²) in [5.74, 6) is -0.848. The van der Waals surface area contributed by atoms with E-state index >= 15 is 0 Å². The van der Waals surface area contributed by atoms with Crippen molar-refractivity contribution in [3.8, 4) is 5.75 Å². The molecule has 6 heteroatoms. The molecule has 0 spiro atoms. The number of fused-ring (bicyclic) bond motifs is 1. The van der Waals surface area contributed by atoms with Gasteiger partial charge in [0.1, 0.15) is 24.0 Å². The normalized spacial score (nSPS) is 13.6. The molecule has 2 aromatic carbocycles. The highest BCUT2D eigenvalue weighted by Crippen LogP contribution is 2.25. The summed E-state index contributed by atoms with van der Waals surface area (Å²) >= 11 is 0. The number of hydrogen-bond acceptors (Lipinski definition) is 2. The van der Waals surface area contributed by atoms with E-state index in [-0.39, 0.29) is 18.7 Å². The van der Waals surface area contributed by atoms with Crippen LogP contribution in [0.1, 0.15) is 16.7 Å². The fourth-order valence-electron chi connectivity index (χ4n) is 2.61. The van der Waals surface area contributed by atoms with Crippen LogP contribution in [0.4, 0.5) is 13.6 Å². The molecule has 1 aliphatic heterocycles. The van der Waals surface area contributed by atoms with Crippen molar-refractivity contribution in [2.24, 2.45) is 0 Å². The fourth-order valence-corrected chi connectivity index (χ4v) is 2.61. The molecule has 0 unspecified atom stereocenters. The number of nitrogens with zero attached hydrogens (tertiary/aromatic N) is 1. The summed E-state index contributed by atoms with van der Waals surface area (Å²) < 4.78 is 32.6. The molecule has 1 N–H and O–H groups in total. The first-order chi connectivity index (χ1) is 11.0. The minimum atomic E-state index is -0.963. The lowest BCUT2D eigenvalue weighted by Gasteiger charge is -2.26. The van der Waals surface area contributed by atoms with Gasteiger partial charge in [-0.1, -0.05) is 12.1 Å². The smallest absolute Gasteiger partial charge is 0.407 e. The van der Waals surface area contributed by atoms with Gasteiger partial charge in [-0.2, -0.15) is 0 Å². The van der Waals surface area contributed by atoms with Gasteiger partial charge < -0.3 is 14.7 Å². The number of hydrogen-bond donors (Lipinski definition) is 1. The maximum absolute atomic E-state index is 13.6. The van der Waals surface area contributed by atoms with Gasteiger partial charge in [0, 0.05) is 13.1 Å². The minimum Gasteiger partial charge on any atom is -0.489 e. The SMILES string of the molecule is O=C(O)N1CCc2ccc(OCc3c(F)cccc3F)cc2C1. The Kier molecular flexibility index (Phi) is 4.14. The van der Waals surface area contributed by atoms with E-state index in [1.54, 1.807) is 12.1 Å². The van der Waals surface area contributed by atoms with Gasteiger partial charge in [-0.15, -0.1) is 0 Å². The number of carboxylic acid groups (broad SMARTS) is 1. The first kappa shape index (κ1) is 15.3. The predicted molar refractivity (Wildman–Crippen MR) is 79.3 cm³/mol. The topological polar surface area (TPSA) is 49.8 Å². The standard InChI is InChI=1S/C17H15F2NO3/c18-15-2-1-3-16(19)14(15)10-23-13-5-4-11-6-7-20(17(21)22)9-12(11)8-13/h1-5,8H,6-7,9-10H2,(H,21,22). The first-order valence-electron chi connectivity index (χ1n) is 7.20. The lowest BCUT2D eigenvalue weighted by Crippen LogP contribution is -2.34. The summed E-state index contributed by atoms with van der Waals surface area (Å²) in [5.41, 5.74) is 1.79. The zero-order valence-corrected chi connectivity index (χ0v) is 12.3. The van der Waals surface area contributed by atoms with Crippen molar-refractivity contribution in [2.75, 3.05) is 6.54 Å². The van der Waals surface area contributed by atoms with Crippen molar-refractivity contribution in [3.63, 3.8) is 0 Å². The molecule has 0 aliphatic carbocycles. The lowest BCUT2D eigenvalue weighted by molar-refractivity contribution is 0.140. The van der Waals surface area contributed by atoms with Gasteiger partial charge in [0.25, 0.3) is 0 Å². The maximum Gasteiger partial charge on any atom is 0.407 e. The molecule has 3 rings (SSSR count). The third kappa shape index (κ3) is 3.26. The monoisotopic (exact) mass is 319 g/mol. The molecule has 0 aromatic heterocycles. The molecule has 0 fully saturated rings. The highest BCUT2D eigenvalue weighted by atomic mass is 19.1. The molecular weight excluding hydrogens is 304 g/mol. The number of carbonyl (C=O) groups is 1. The molecule has 0 bridgehead atoms. The summed E-state index contributed by atoms with van der Waals surface area (Å²) in [7, 11) is 0. The molecular formula is C17H15F2NO3. The molecule has 0 saturated heterocycles. The van der Waals surface area contributed by atoms with E-state index in [1.807, 2.05) is 6.07 Å². The van der Waals surface area contributed by atoms with Crippen molar-refractivity contribution in [1.82, 2.24) is 4.90 Å². The zero-order chi connectivity index (χ0) is 16.4. The molecule has 0 atom stereocenters. The number of rotatable bonds is 3. The van der Waals surface area contributed by atoms with Crippen LogP contribution in [0.5, 0.6) is 5.75 Å². The Hall–Kier alpha value is -2.63. The van der Waals surface area contributed by atoms with Gasteiger partial charge in [0.15, 0.2) is 0 Å². The summed E-state index contributed by atoms with van der Waals surface area (Å²) in [6.07, 6.45) is -0.320. The van der Waals surface area contributed by atoms with Gasteiger partial charge in [0.05, 0.1) is 5.56 Å². The van der Waals surface area contributed by atoms with E-state index in [0.717, 1.165) is 11.1 Å². The highest BCUT2D eigenvalue weighted by molar-refractivity contribution is 5.65. The lowest BCUT2D eigenvalue weighted by atomic mass is 10.00. The molecule has 1 heterocycles. The largest absolute Gasteiger partial charge is 0.489 e. The zero-order valence-electron chi connectivity index (χ0n) is 12.3. The van der Waals surface area contributed by atoms with Gasteiger partial charge in [-0.25, -0.2) is 13.6 Å². The van der Waals surface area contributed by atoms with Gasteiger partial charge >= 0.3 is 6.09 Å². The van der Waals surface area contributed by atoms with Crippen LogP contribution >= 0.6 is 0 Å². The number of halogens is 2. The minimum absolute atomic E-state index is 0.127. The Bertz CT molecular complexity index is 728. The van der Waals surface area contributed by atoms with E-state index in [2.05, 4.69) is 0 Å². The number of ether oxygens (including phenoxy) is 1. The molecule has 0 saturated carbocycles. The van der Waals surface area contributed by atoms with Crippen molar-refractivity contribution < 1.29 is 23.4 Å². The van der Waals surface area contributed by atoms with Crippen LogP contribution in [-0.2, 0) is 19.6 Å². The van der Waals surface area contributed by atoms with Crippen LogP contribution in [0.2, 0.25) is 0 Å². The van der Waals surface area contributed by atoms with E-state index in [0.29, 0.717) is 18.7 Å². The van der Waals surface area contributed by atoms with Crippen molar-refractivity contribution >= 4 is 6.09 Å². The molecule has 23 heavy (non-hydrogen) atoms. The van der Waals surface area contributed by atoms with E-state index < -0.39 is 17.7 Å². The van der Waals surface area contributed by atoms with Gasteiger partial charge in [-0.05, 0) is 41.8 Å². The summed E-state index contributed by atoms with van der Waals surface area (Å²) in [6.45, 7) is 0.527. The average molecular weight is 319 g/mol. The first-order valence-corrected chi connectivity index (χ1v) is 7.20. The Morgan fingerprint density at radius 2 is 1.91 bits per heavy atom. The van der Waals surface area contributed by atoms with Crippen LogP contribution < -0.4 is 4.74 Å². The van der Waals surface area contributed by atoms with Crippen molar-refractivity contribution in [1.29, 1.82) is 0 Å². The van der Waals surface area contributed by atoms with E-state index in [9.17, 15) is 13.6 Å². The Morgan fingerprint density at radius 1 is 1.17 bits per heavy atom. The summed E-state index contributed by atoms with van der Waals surface area (Å²) in [6, 6.07) is 8.98. The molecule has 0 radical (unpaired) electrons. The van der Waals surface area contributed by atoms with Crippen LogP contribution in [-0.4, -0.2) is 22.6 Å². The van der Waals surface area contributed by atoms with Gasteiger partial charge in [-0.3, -0.25) is 0 Å². The quantitative estimate of drug-likeness (QED) is 0.941. The Balaban J connectivity index is 1.75. The number of amides is 1. The van der Waals surface area contributed by atoms with Crippen LogP contribution in [0, 0.1) is 11.6 Å². The summed E-state index contributed by atoms with van der Waals surface area (Å²) in [5, 5.41) is 9.06. The van der Waals surface area contributed by atoms with Crippen molar-refractivity contribution in [3.05, 3.63) is 64.7 Å². The molecule has 4 nitrogen and oxygen atoms in total. The predicted octanol–water partition coefficient (Wildman–Crippen LogP) is 3.58. The highest BCUT2D eigenvalue weighted by Gasteiger charge is 2.20. The number of benzene rings is 2. The van der Waals surface area contributed by atoms with Crippen LogP contribution in [0.3, 0.4) is 0 Å². The third-order valence-corrected chi connectivity index (χ3v) is 3.91. The van der Waals surface area contributed by atoms with E-state index in [1.165, 1.54) is 23.1 Å². The summed E-state index contributed by atoms with van der Waals surface area (Å²) in [4.78, 5) is 12.4. The Morgan fingerprint density at radius 3 is 2.61 bits per heavy atom. The van der Waals surface area contributed by atoms with E-state index in [4.69, 9.17) is 9.84 Å². The Labute approximate surface area is 131 Å². The average Bonchev–Trinajstić information content (AvgIpc) is 2.53. The molecule has 120 valence electrons. The molecule has 2 aromatic rings. The molecule has 1 aliphatic rings. The third-order valence-electron chi connectivity index (χ3n) is 3.91. The van der Waals surface area contributed by atoms with Crippen LogP contribution in [0.25, 0.3) is 0 Å². The van der Waals surface area contributed by atoms with Crippen LogP contribution in [0.15, 0.2) is 36.4 Å².